The molecule has 0 bridgehead atoms. The fourth-order valence-electron chi connectivity index (χ4n) is 3.35. The molecule has 0 radical (unpaired) electrons. The molecule has 8 heteroatoms. The van der Waals surface area contributed by atoms with Crippen molar-refractivity contribution in [1.29, 1.82) is 0 Å². The van der Waals surface area contributed by atoms with Crippen LogP contribution in [0.3, 0.4) is 0 Å². The molecule has 1 aromatic rings. The number of nitrogens with zero attached hydrogens (tertiary/aromatic N) is 4. The van der Waals surface area contributed by atoms with Crippen LogP contribution < -0.4 is 4.90 Å². The number of hydrogen-bond acceptors (Lipinski definition) is 5. The second-order valence-corrected chi connectivity index (χ2v) is 6.21. The van der Waals surface area contributed by atoms with Crippen molar-refractivity contribution in [2.75, 3.05) is 24.5 Å². The van der Waals surface area contributed by atoms with Crippen molar-refractivity contribution in [1.82, 2.24) is 14.9 Å². The molecule has 2 amide bonds. The second-order valence-electron chi connectivity index (χ2n) is 6.21. The zero-order valence-corrected chi connectivity index (χ0v) is 12.6. The maximum Gasteiger partial charge on any atom is 0.303 e. The van der Waals surface area contributed by atoms with Crippen LogP contribution in [0.1, 0.15) is 25.7 Å². The maximum atomic E-state index is 12.3. The average Bonchev–Trinajstić information content (AvgIpc) is 3.09. The van der Waals surface area contributed by atoms with Crippen molar-refractivity contribution in [3.8, 4) is 0 Å². The van der Waals surface area contributed by atoms with Gasteiger partial charge in [-0.15, -0.1) is 0 Å². The van der Waals surface area contributed by atoms with Crippen molar-refractivity contribution in [2.45, 2.75) is 25.7 Å². The number of carboxylic acid groups (broad SMARTS) is 1. The molecule has 8 nitrogen and oxygen atoms in total. The van der Waals surface area contributed by atoms with Gasteiger partial charge in [0.05, 0.1) is 24.5 Å². The number of anilines is 1. The molecule has 2 aliphatic heterocycles. The Morgan fingerprint density at radius 2 is 1.96 bits per heavy atom. The summed E-state index contributed by atoms with van der Waals surface area (Å²) in [6.45, 7) is 1.62. The first-order valence-corrected chi connectivity index (χ1v) is 7.54. The number of carboxylic acids is 1. The first-order valence-electron chi connectivity index (χ1n) is 7.54. The first-order chi connectivity index (χ1) is 11.0. The molecular weight excluding hydrogens is 300 g/mol. The summed E-state index contributed by atoms with van der Waals surface area (Å²) in [6.07, 6.45) is 5.62. The first kappa shape index (κ1) is 15.4. The predicted octanol–water partition coefficient (Wildman–Crippen LogP) is 0.297. The van der Waals surface area contributed by atoms with Crippen LogP contribution in [0.4, 0.5) is 5.69 Å². The van der Waals surface area contributed by atoms with Gasteiger partial charge in [0.2, 0.25) is 11.8 Å². The third-order valence-corrected chi connectivity index (χ3v) is 4.52. The quantitative estimate of drug-likeness (QED) is 0.856. The summed E-state index contributed by atoms with van der Waals surface area (Å²) in [4.78, 5) is 46.2. The number of likely N-dealkylation sites (tertiary alicyclic amines) is 1. The van der Waals surface area contributed by atoms with Gasteiger partial charge in [-0.25, -0.2) is 9.97 Å². The van der Waals surface area contributed by atoms with Gasteiger partial charge < -0.3 is 14.9 Å². The van der Waals surface area contributed by atoms with Gasteiger partial charge in [-0.3, -0.25) is 14.4 Å². The van der Waals surface area contributed by atoms with E-state index in [2.05, 4.69) is 9.97 Å². The lowest BCUT2D eigenvalue weighted by atomic mass is 9.86. The van der Waals surface area contributed by atoms with Crippen LogP contribution in [-0.2, 0) is 14.4 Å². The number of carbonyl (C=O) groups excluding carboxylic acids is 2. The number of hydrogen-bond donors (Lipinski definition) is 1. The van der Waals surface area contributed by atoms with E-state index in [0.717, 1.165) is 6.42 Å². The fraction of sp³-hybridized carbons (Fsp3) is 0.533. The predicted molar refractivity (Wildman–Crippen MR) is 79.5 cm³/mol. The molecule has 1 unspecified atom stereocenters. The number of amides is 2. The molecule has 1 atom stereocenters. The fourth-order valence-corrected chi connectivity index (χ4v) is 3.35. The minimum atomic E-state index is -0.974. The molecule has 1 aromatic heterocycles. The van der Waals surface area contributed by atoms with Crippen molar-refractivity contribution >= 4 is 23.5 Å². The lowest BCUT2D eigenvalue weighted by Crippen LogP contribution is -2.34. The topological polar surface area (TPSA) is 104 Å². The Hall–Kier alpha value is -2.51. The van der Waals surface area contributed by atoms with E-state index in [1.165, 1.54) is 6.33 Å². The van der Waals surface area contributed by atoms with Gasteiger partial charge in [0, 0.05) is 37.9 Å². The standard InChI is InChI=1S/C15H18N4O4/c20-12(1-2-14(22)23)18-4-3-15(8-18)5-13(21)19(9-15)11-6-16-10-17-7-11/h6-7,10H,1-5,8-9H2,(H,22,23). The van der Waals surface area contributed by atoms with Crippen LogP contribution in [0.5, 0.6) is 0 Å². The van der Waals surface area contributed by atoms with Gasteiger partial charge >= 0.3 is 5.97 Å². The van der Waals surface area contributed by atoms with Gasteiger partial charge in [0.15, 0.2) is 0 Å². The van der Waals surface area contributed by atoms with E-state index in [1.807, 2.05) is 0 Å². The zero-order valence-electron chi connectivity index (χ0n) is 12.6. The summed E-state index contributed by atoms with van der Waals surface area (Å²) < 4.78 is 0. The summed E-state index contributed by atoms with van der Waals surface area (Å²) >= 11 is 0. The van der Waals surface area contributed by atoms with Crippen LogP contribution in [0.2, 0.25) is 0 Å². The van der Waals surface area contributed by atoms with Crippen LogP contribution in [0.25, 0.3) is 0 Å². The zero-order chi connectivity index (χ0) is 16.4. The number of aliphatic carboxylic acids is 1. The molecule has 2 fully saturated rings. The summed E-state index contributed by atoms with van der Waals surface area (Å²) in [5, 5.41) is 8.67. The Bertz CT molecular complexity index is 636. The molecular formula is C15H18N4O4. The minimum absolute atomic E-state index is 0.00952. The summed E-state index contributed by atoms with van der Waals surface area (Å²) in [6, 6.07) is 0. The normalized spacial score (nSPS) is 23.7. The highest BCUT2D eigenvalue weighted by Gasteiger charge is 2.48. The molecule has 0 aliphatic carbocycles. The van der Waals surface area contributed by atoms with Crippen LogP contribution in [-0.4, -0.2) is 57.4 Å². The van der Waals surface area contributed by atoms with Crippen molar-refractivity contribution in [3.63, 3.8) is 0 Å². The highest BCUT2D eigenvalue weighted by molar-refractivity contribution is 5.96. The van der Waals surface area contributed by atoms with E-state index < -0.39 is 5.97 Å². The molecule has 3 heterocycles. The molecule has 122 valence electrons. The van der Waals surface area contributed by atoms with E-state index in [0.29, 0.717) is 31.7 Å². The lowest BCUT2D eigenvalue weighted by Gasteiger charge is -2.24. The van der Waals surface area contributed by atoms with Gasteiger partial charge in [-0.2, -0.15) is 0 Å². The molecule has 2 aliphatic rings. The van der Waals surface area contributed by atoms with Crippen molar-refractivity contribution in [2.24, 2.45) is 5.41 Å². The van der Waals surface area contributed by atoms with E-state index >= 15 is 0 Å². The maximum absolute atomic E-state index is 12.3. The van der Waals surface area contributed by atoms with Gasteiger partial charge in [0.1, 0.15) is 6.33 Å². The molecule has 1 spiro atoms. The highest BCUT2D eigenvalue weighted by atomic mass is 16.4. The lowest BCUT2D eigenvalue weighted by molar-refractivity contribution is -0.140. The Morgan fingerprint density at radius 1 is 1.22 bits per heavy atom. The van der Waals surface area contributed by atoms with Gasteiger partial charge in [-0.1, -0.05) is 0 Å². The SMILES string of the molecule is O=C(O)CCC(=O)N1CCC2(CC(=O)N(c3cncnc3)C2)C1. The van der Waals surface area contributed by atoms with Crippen LogP contribution >= 0.6 is 0 Å². The van der Waals surface area contributed by atoms with Crippen LogP contribution in [0, 0.1) is 5.41 Å². The Labute approximate surface area is 133 Å². The summed E-state index contributed by atoms with van der Waals surface area (Å²) in [7, 11) is 0. The van der Waals surface area contributed by atoms with Gasteiger partial charge in [0.25, 0.3) is 0 Å². The average molecular weight is 318 g/mol. The minimum Gasteiger partial charge on any atom is -0.481 e. The van der Waals surface area contributed by atoms with Crippen molar-refractivity contribution < 1.29 is 19.5 Å². The summed E-state index contributed by atoms with van der Waals surface area (Å²) in [5.41, 5.74) is 0.427. The molecule has 0 saturated carbocycles. The van der Waals surface area contributed by atoms with E-state index in [9.17, 15) is 14.4 Å². The summed E-state index contributed by atoms with van der Waals surface area (Å²) in [5.74, 6) is -1.11. The molecule has 1 N–H and O–H groups in total. The van der Waals surface area contributed by atoms with Crippen molar-refractivity contribution in [3.05, 3.63) is 18.7 Å². The molecule has 2 saturated heterocycles. The third kappa shape index (κ3) is 3.15. The van der Waals surface area contributed by atoms with Gasteiger partial charge in [-0.05, 0) is 6.42 Å². The molecule has 3 rings (SSSR count). The third-order valence-electron chi connectivity index (χ3n) is 4.52. The van der Waals surface area contributed by atoms with E-state index in [-0.39, 0.29) is 30.1 Å². The highest BCUT2D eigenvalue weighted by Crippen LogP contribution is 2.41. The second kappa shape index (κ2) is 5.94. The van der Waals surface area contributed by atoms with Crippen LogP contribution in [0.15, 0.2) is 18.7 Å². The van der Waals surface area contributed by atoms with E-state index in [4.69, 9.17) is 5.11 Å². The Balaban J connectivity index is 1.65. The molecule has 23 heavy (non-hydrogen) atoms. The monoisotopic (exact) mass is 318 g/mol. The Kier molecular flexibility index (Phi) is 3.97. The number of rotatable bonds is 4. The number of carbonyl (C=O) groups is 3. The largest absolute Gasteiger partial charge is 0.481 e. The van der Waals surface area contributed by atoms with E-state index in [1.54, 1.807) is 22.2 Å². The number of aromatic nitrogens is 2. The Morgan fingerprint density at radius 3 is 2.65 bits per heavy atom. The molecule has 0 aromatic carbocycles. The smallest absolute Gasteiger partial charge is 0.303 e.